The number of benzene rings is 1. The maximum Gasteiger partial charge on any atom is 0.239 e. The van der Waals surface area contributed by atoms with Gasteiger partial charge in [-0.05, 0) is 36.2 Å². The molecule has 2 heterocycles. The van der Waals surface area contributed by atoms with Crippen molar-refractivity contribution in [2.45, 2.75) is 11.7 Å². The number of amidine groups is 1. The van der Waals surface area contributed by atoms with Crippen LogP contribution in [0, 0.1) is 0 Å². The third-order valence-electron chi connectivity index (χ3n) is 2.96. The number of hydrogen-bond acceptors (Lipinski definition) is 5. The number of furan rings is 1. The van der Waals surface area contributed by atoms with E-state index in [1.807, 2.05) is 24.3 Å². The van der Waals surface area contributed by atoms with Crippen LogP contribution < -0.4 is 5.32 Å². The maximum absolute atomic E-state index is 11.9. The molecule has 1 aliphatic rings. The summed E-state index contributed by atoms with van der Waals surface area (Å²) in [6.07, 6.45) is 3.64. The van der Waals surface area contributed by atoms with Crippen LogP contribution in [0.3, 0.4) is 0 Å². The number of carbonyl (C=O) groups is 1. The first-order chi connectivity index (χ1) is 10.7. The van der Waals surface area contributed by atoms with Crippen molar-refractivity contribution in [1.82, 2.24) is 5.32 Å². The van der Waals surface area contributed by atoms with Crippen molar-refractivity contribution in [1.29, 1.82) is 0 Å². The number of nitrogens with zero attached hydrogens (tertiary/aromatic N) is 2. The lowest BCUT2D eigenvalue weighted by atomic mass is 10.1. The van der Waals surface area contributed by atoms with Gasteiger partial charge in [-0.3, -0.25) is 4.79 Å². The molecule has 1 fully saturated rings. The molecule has 0 aliphatic carbocycles. The molecule has 1 aliphatic heterocycles. The minimum atomic E-state index is -0.226. The van der Waals surface area contributed by atoms with Gasteiger partial charge in [0.05, 0.1) is 17.7 Å². The van der Waals surface area contributed by atoms with Gasteiger partial charge in [0.25, 0.3) is 0 Å². The van der Waals surface area contributed by atoms with Gasteiger partial charge in [0.15, 0.2) is 5.17 Å². The maximum atomic E-state index is 11.9. The molecule has 0 bridgehead atoms. The molecule has 22 heavy (non-hydrogen) atoms. The first-order valence-corrected chi connectivity index (χ1v) is 7.83. The standard InChI is InChI=1S/C15H12ClN3O2S/c16-11-4-1-3-10(7-11)8-13-14(20)18-15(22-13)19-17-9-12-5-2-6-21-12/h1-7,9,13H,8H2,(H,18,19,20)/b17-9-/t13-/m0/s1. The van der Waals surface area contributed by atoms with Crippen LogP contribution in [-0.4, -0.2) is 22.5 Å². The van der Waals surface area contributed by atoms with E-state index in [2.05, 4.69) is 15.5 Å². The van der Waals surface area contributed by atoms with Crippen LogP contribution in [0.5, 0.6) is 0 Å². The predicted octanol–water partition coefficient (Wildman–Crippen LogP) is 3.10. The molecule has 1 aromatic heterocycles. The molecule has 2 aromatic rings. The summed E-state index contributed by atoms with van der Waals surface area (Å²) in [5.41, 5.74) is 1.01. The second kappa shape index (κ2) is 6.81. The van der Waals surface area contributed by atoms with Crippen molar-refractivity contribution in [2.24, 2.45) is 10.2 Å². The molecule has 0 saturated carbocycles. The van der Waals surface area contributed by atoms with Crippen LogP contribution in [0.15, 0.2) is 57.3 Å². The Bertz CT molecular complexity index is 728. The van der Waals surface area contributed by atoms with E-state index in [1.165, 1.54) is 18.0 Å². The van der Waals surface area contributed by atoms with E-state index in [9.17, 15) is 4.79 Å². The summed E-state index contributed by atoms with van der Waals surface area (Å²) in [7, 11) is 0. The van der Waals surface area contributed by atoms with Crippen molar-refractivity contribution in [3.05, 3.63) is 59.0 Å². The number of rotatable bonds is 4. The molecule has 112 valence electrons. The minimum Gasteiger partial charge on any atom is -0.463 e. The molecule has 1 amide bonds. The topological polar surface area (TPSA) is 67.0 Å². The zero-order chi connectivity index (χ0) is 15.4. The lowest BCUT2D eigenvalue weighted by Gasteiger charge is -2.05. The highest BCUT2D eigenvalue weighted by molar-refractivity contribution is 8.15. The SMILES string of the molecule is O=C1N/C(=N/N=C\c2ccco2)S[C@H]1Cc1cccc(Cl)c1. The van der Waals surface area contributed by atoms with E-state index < -0.39 is 0 Å². The number of carbonyl (C=O) groups excluding carboxylic acids is 1. The van der Waals surface area contributed by atoms with Gasteiger partial charge in [0.2, 0.25) is 5.91 Å². The Morgan fingerprint density at radius 1 is 1.36 bits per heavy atom. The third-order valence-corrected chi connectivity index (χ3v) is 4.27. The second-order valence-electron chi connectivity index (χ2n) is 4.59. The summed E-state index contributed by atoms with van der Waals surface area (Å²) in [5, 5.41) is 11.5. The molecular weight excluding hydrogens is 322 g/mol. The Balaban J connectivity index is 1.63. The normalized spacial score (nSPS) is 20.0. The van der Waals surface area contributed by atoms with Gasteiger partial charge in [0.1, 0.15) is 5.76 Å². The van der Waals surface area contributed by atoms with E-state index >= 15 is 0 Å². The van der Waals surface area contributed by atoms with Crippen LogP contribution in [0.4, 0.5) is 0 Å². The van der Waals surface area contributed by atoms with E-state index in [0.717, 1.165) is 5.56 Å². The van der Waals surface area contributed by atoms with Crippen molar-refractivity contribution >= 4 is 40.7 Å². The highest BCUT2D eigenvalue weighted by atomic mass is 35.5. The highest BCUT2D eigenvalue weighted by Crippen LogP contribution is 2.24. The lowest BCUT2D eigenvalue weighted by Crippen LogP contribution is -2.25. The summed E-state index contributed by atoms with van der Waals surface area (Å²) in [6.45, 7) is 0. The number of thioether (sulfide) groups is 1. The zero-order valence-corrected chi connectivity index (χ0v) is 13.0. The number of amides is 1. The van der Waals surface area contributed by atoms with Crippen LogP contribution in [-0.2, 0) is 11.2 Å². The number of nitrogens with one attached hydrogen (secondary N) is 1. The quantitative estimate of drug-likeness (QED) is 0.690. The average Bonchev–Trinajstić information content (AvgIpc) is 3.10. The first-order valence-electron chi connectivity index (χ1n) is 6.57. The average molecular weight is 334 g/mol. The van der Waals surface area contributed by atoms with Gasteiger partial charge in [0, 0.05) is 5.02 Å². The van der Waals surface area contributed by atoms with Crippen molar-refractivity contribution in [2.75, 3.05) is 0 Å². The first kappa shape index (κ1) is 14.9. The van der Waals surface area contributed by atoms with Gasteiger partial charge >= 0.3 is 0 Å². The third kappa shape index (κ3) is 3.78. The molecule has 1 atom stereocenters. The van der Waals surface area contributed by atoms with Crippen LogP contribution in [0.2, 0.25) is 5.02 Å². The largest absolute Gasteiger partial charge is 0.463 e. The van der Waals surface area contributed by atoms with E-state index in [-0.39, 0.29) is 11.2 Å². The second-order valence-corrected chi connectivity index (χ2v) is 6.22. The highest BCUT2D eigenvalue weighted by Gasteiger charge is 2.30. The Morgan fingerprint density at radius 3 is 3.05 bits per heavy atom. The Labute approximate surface area is 136 Å². The molecule has 0 unspecified atom stereocenters. The number of halogens is 1. The van der Waals surface area contributed by atoms with E-state index in [1.54, 1.807) is 18.4 Å². The minimum absolute atomic E-state index is 0.0723. The van der Waals surface area contributed by atoms with Gasteiger partial charge in [-0.25, -0.2) is 0 Å². The fourth-order valence-corrected chi connectivity index (χ4v) is 3.15. The smallest absolute Gasteiger partial charge is 0.239 e. The fourth-order valence-electron chi connectivity index (χ4n) is 1.97. The molecule has 5 nitrogen and oxygen atoms in total. The summed E-state index contributed by atoms with van der Waals surface area (Å²) in [4.78, 5) is 11.9. The van der Waals surface area contributed by atoms with Crippen molar-refractivity contribution in [3.63, 3.8) is 0 Å². The Hall–Kier alpha value is -2.05. The summed E-state index contributed by atoms with van der Waals surface area (Å²) >= 11 is 7.31. The molecule has 1 saturated heterocycles. The van der Waals surface area contributed by atoms with Gasteiger partial charge < -0.3 is 9.73 Å². The molecule has 1 aromatic carbocycles. The molecule has 1 N–H and O–H groups in total. The summed E-state index contributed by atoms with van der Waals surface area (Å²) in [5.74, 6) is 0.533. The molecule has 0 spiro atoms. The van der Waals surface area contributed by atoms with Crippen LogP contribution >= 0.6 is 23.4 Å². The molecule has 7 heteroatoms. The van der Waals surface area contributed by atoms with Crippen LogP contribution in [0.1, 0.15) is 11.3 Å². The summed E-state index contributed by atoms with van der Waals surface area (Å²) < 4.78 is 5.11. The Morgan fingerprint density at radius 2 is 2.27 bits per heavy atom. The van der Waals surface area contributed by atoms with Gasteiger partial charge in [-0.15, -0.1) is 5.10 Å². The zero-order valence-electron chi connectivity index (χ0n) is 11.4. The fraction of sp³-hybridized carbons (Fsp3) is 0.133. The van der Waals surface area contributed by atoms with Crippen LogP contribution in [0.25, 0.3) is 0 Å². The predicted molar refractivity (Wildman–Crippen MR) is 88.4 cm³/mol. The number of hydrogen-bond donors (Lipinski definition) is 1. The van der Waals surface area contributed by atoms with Gasteiger partial charge in [-0.1, -0.05) is 35.5 Å². The molecule has 3 rings (SSSR count). The van der Waals surface area contributed by atoms with E-state index in [0.29, 0.717) is 22.4 Å². The molecular formula is C15H12ClN3O2S. The van der Waals surface area contributed by atoms with E-state index in [4.69, 9.17) is 16.0 Å². The van der Waals surface area contributed by atoms with Crippen molar-refractivity contribution < 1.29 is 9.21 Å². The van der Waals surface area contributed by atoms with Crippen molar-refractivity contribution in [3.8, 4) is 0 Å². The lowest BCUT2D eigenvalue weighted by molar-refractivity contribution is -0.118. The monoisotopic (exact) mass is 333 g/mol. The molecule has 0 radical (unpaired) electrons. The van der Waals surface area contributed by atoms with Gasteiger partial charge in [-0.2, -0.15) is 5.10 Å². The Kier molecular flexibility index (Phi) is 4.60. The summed E-state index contributed by atoms with van der Waals surface area (Å²) in [6, 6.07) is 11.0.